The van der Waals surface area contributed by atoms with Gasteiger partial charge >= 0.3 is 0 Å². The Balaban J connectivity index is 1.45. The second-order valence-electron chi connectivity index (χ2n) is 7.97. The van der Waals surface area contributed by atoms with Crippen LogP contribution in [0.15, 0.2) is 36.4 Å². The molecule has 152 valence electrons. The number of phenolic OH excluding ortho intramolecular Hbond substituents is 1. The summed E-state index contributed by atoms with van der Waals surface area (Å²) in [6.45, 7) is 1.66. The number of carbonyl (C=O) groups excluding carboxylic acids is 1. The zero-order chi connectivity index (χ0) is 20.2. The normalized spacial score (nSPS) is 17.3. The number of aromatic hydroxyl groups is 1. The topological polar surface area (TPSA) is 69.6 Å². The quantitative estimate of drug-likeness (QED) is 0.783. The maximum absolute atomic E-state index is 11.9. The van der Waals surface area contributed by atoms with E-state index in [9.17, 15) is 9.90 Å². The zero-order valence-corrected chi connectivity index (χ0v) is 16.9. The first kappa shape index (κ1) is 19.4. The van der Waals surface area contributed by atoms with Crippen molar-refractivity contribution in [3.63, 3.8) is 0 Å². The SMILES string of the molecule is CN(c1ccc(-c2ccc(/C=C/C(=O)N3CCC3)cc2O)nn1)C1CCCCC1. The van der Waals surface area contributed by atoms with E-state index in [2.05, 4.69) is 22.1 Å². The number of phenols is 1. The van der Waals surface area contributed by atoms with Crippen LogP contribution in [0.2, 0.25) is 0 Å². The van der Waals surface area contributed by atoms with Crippen molar-refractivity contribution in [2.75, 3.05) is 25.0 Å². The summed E-state index contributed by atoms with van der Waals surface area (Å²) < 4.78 is 0. The third-order valence-corrected chi connectivity index (χ3v) is 6.02. The predicted molar refractivity (Wildman–Crippen MR) is 115 cm³/mol. The third kappa shape index (κ3) is 4.42. The van der Waals surface area contributed by atoms with Crippen LogP contribution in [0, 0.1) is 0 Å². The third-order valence-electron chi connectivity index (χ3n) is 6.02. The average Bonchev–Trinajstić information content (AvgIpc) is 2.71. The molecule has 6 heteroatoms. The first-order chi connectivity index (χ1) is 14.1. The summed E-state index contributed by atoms with van der Waals surface area (Å²) in [4.78, 5) is 15.9. The summed E-state index contributed by atoms with van der Waals surface area (Å²) in [6, 6.07) is 9.74. The van der Waals surface area contributed by atoms with Gasteiger partial charge in [-0.05, 0) is 55.2 Å². The van der Waals surface area contributed by atoms with E-state index in [0.29, 0.717) is 17.3 Å². The maximum atomic E-state index is 11.9. The van der Waals surface area contributed by atoms with Crippen LogP contribution >= 0.6 is 0 Å². The Hall–Kier alpha value is -2.89. The molecular formula is C23H28N4O2. The molecule has 1 saturated carbocycles. The molecule has 0 unspecified atom stereocenters. The van der Waals surface area contributed by atoms with Gasteiger partial charge in [-0.2, -0.15) is 0 Å². The predicted octanol–water partition coefficient (Wildman–Crippen LogP) is 3.86. The molecule has 0 bridgehead atoms. The van der Waals surface area contributed by atoms with Gasteiger partial charge in [0.2, 0.25) is 5.91 Å². The molecule has 1 N–H and O–H groups in total. The molecule has 2 heterocycles. The van der Waals surface area contributed by atoms with E-state index < -0.39 is 0 Å². The summed E-state index contributed by atoms with van der Waals surface area (Å²) in [5.41, 5.74) is 2.05. The lowest BCUT2D eigenvalue weighted by Gasteiger charge is -2.31. The minimum absolute atomic E-state index is 0.0170. The summed E-state index contributed by atoms with van der Waals surface area (Å²) in [5, 5.41) is 19.2. The van der Waals surface area contributed by atoms with Crippen LogP contribution in [-0.4, -0.2) is 52.3 Å². The maximum Gasteiger partial charge on any atom is 0.246 e. The molecule has 2 aromatic rings. The number of benzene rings is 1. The summed E-state index contributed by atoms with van der Waals surface area (Å²) in [6.07, 6.45) is 10.7. The van der Waals surface area contributed by atoms with E-state index >= 15 is 0 Å². The van der Waals surface area contributed by atoms with Crippen LogP contribution in [-0.2, 0) is 4.79 Å². The van der Waals surface area contributed by atoms with Gasteiger partial charge in [-0.1, -0.05) is 25.3 Å². The van der Waals surface area contributed by atoms with Crippen LogP contribution in [0.1, 0.15) is 44.1 Å². The number of likely N-dealkylation sites (tertiary alicyclic amines) is 1. The fraction of sp³-hybridized carbons (Fsp3) is 0.435. The molecule has 4 rings (SSSR count). The summed E-state index contributed by atoms with van der Waals surface area (Å²) in [5.74, 6) is 1.01. The van der Waals surface area contributed by atoms with Crippen molar-refractivity contribution in [3.8, 4) is 17.0 Å². The number of carbonyl (C=O) groups is 1. The molecule has 1 aromatic carbocycles. The second-order valence-corrected chi connectivity index (χ2v) is 7.97. The fourth-order valence-electron chi connectivity index (χ4n) is 3.99. The Morgan fingerprint density at radius 2 is 1.90 bits per heavy atom. The highest BCUT2D eigenvalue weighted by Crippen LogP contribution is 2.30. The minimum atomic E-state index is 0.0170. The molecule has 1 aromatic heterocycles. The molecule has 1 amide bonds. The van der Waals surface area contributed by atoms with Crippen molar-refractivity contribution in [1.29, 1.82) is 0 Å². The van der Waals surface area contributed by atoms with Crippen molar-refractivity contribution < 1.29 is 9.90 Å². The van der Waals surface area contributed by atoms with Crippen LogP contribution < -0.4 is 4.90 Å². The molecule has 0 radical (unpaired) electrons. The number of nitrogens with zero attached hydrogens (tertiary/aromatic N) is 4. The van der Waals surface area contributed by atoms with Gasteiger partial charge in [-0.15, -0.1) is 10.2 Å². The molecule has 1 aliphatic heterocycles. The van der Waals surface area contributed by atoms with E-state index in [0.717, 1.165) is 30.9 Å². The lowest BCUT2D eigenvalue weighted by atomic mass is 9.94. The van der Waals surface area contributed by atoms with E-state index in [1.54, 1.807) is 23.1 Å². The van der Waals surface area contributed by atoms with Gasteiger partial charge in [0.1, 0.15) is 5.75 Å². The van der Waals surface area contributed by atoms with Crippen LogP contribution in [0.5, 0.6) is 5.75 Å². The molecule has 29 heavy (non-hydrogen) atoms. The van der Waals surface area contributed by atoms with Crippen molar-refractivity contribution in [1.82, 2.24) is 15.1 Å². The minimum Gasteiger partial charge on any atom is -0.507 e. The molecule has 1 aliphatic carbocycles. The molecule has 0 atom stereocenters. The number of aromatic nitrogens is 2. The van der Waals surface area contributed by atoms with E-state index in [-0.39, 0.29) is 11.7 Å². The fourth-order valence-corrected chi connectivity index (χ4v) is 3.99. The zero-order valence-electron chi connectivity index (χ0n) is 16.9. The Labute approximate surface area is 171 Å². The van der Waals surface area contributed by atoms with Gasteiger partial charge < -0.3 is 14.9 Å². The Kier molecular flexibility index (Phi) is 5.79. The summed E-state index contributed by atoms with van der Waals surface area (Å²) in [7, 11) is 2.08. The number of hydrogen-bond acceptors (Lipinski definition) is 5. The molecular weight excluding hydrogens is 364 g/mol. The summed E-state index contributed by atoms with van der Waals surface area (Å²) >= 11 is 0. The lowest BCUT2D eigenvalue weighted by molar-refractivity contribution is -0.129. The number of hydrogen-bond donors (Lipinski definition) is 1. The number of anilines is 1. The van der Waals surface area contributed by atoms with Gasteiger partial charge in [0.15, 0.2) is 5.82 Å². The molecule has 1 saturated heterocycles. The highest BCUT2D eigenvalue weighted by atomic mass is 16.3. The van der Waals surface area contributed by atoms with Crippen LogP contribution in [0.3, 0.4) is 0 Å². The van der Waals surface area contributed by atoms with Gasteiger partial charge in [0.25, 0.3) is 0 Å². The van der Waals surface area contributed by atoms with Crippen LogP contribution in [0.4, 0.5) is 5.82 Å². The van der Waals surface area contributed by atoms with Crippen molar-refractivity contribution in [3.05, 3.63) is 42.0 Å². The Morgan fingerprint density at radius 1 is 1.10 bits per heavy atom. The largest absolute Gasteiger partial charge is 0.507 e. The van der Waals surface area contributed by atoms with E-state index in [1.807, 2.05) is 24.3 Å². The van der Waals surface area contributed by atoms with Crippen molar-refractivity contribution in [2.24, 2.45) is 0 Å². The van der Waals surface area contributed by atoms with Gasteiger partial charge in [-0.3, -0.25) is 4.79 Å². The van der Waals surface area contributed by atoms with Crippen molar-refractivity contribution in [2.45, 2.75) is 44.6 Å². The molecule has 2 fully saturated rings. The van der Waals surface area contributed by atoms with Crippen molar-refractivity contribution >= 4 is 17.8 Å². The monoisotopic (exact) mass is 392 g/mol. The second kappa shape index (κ2) is 8.64. The molecule has 2 aliphatic rings. The average molecular weight is 393 g/mol. The standard InChI is InChI=1S/C23H28N4O2/c1-26(18-6-3-2-4-7-18)22-12-11-20(24-25-22)19-10-8-17(16-21(19)28)9-13-23(29)27-14-5-15-27/h8-13,16,18,28H,2-7,14-15H2,1H3/b13-9+. The first-order valence-electron chi connectivity index (χ1n) is 10.5. The Morgan fingerprint density at radius 3 is 2.52 bits per heavy atom. The van der Waals surface area contributed by atoms with Gasteiger partial charge in [-0.25, -0.2) is 0 Å². The molecule has 6 nitrogen and oxygen atoms in total. The number of rotatable bonds is 5. The number of amides is 1. The lowest BCUT2D eigenvalue weighted by Crippen LogP contribution is -2.40. The van der Waals surface area contributed by atoms with Crippen LogP contribution in [0.25, 0.3) is 17.3 Å². The highest BCUT2D eigenvalue weighted by molar-refractivity contribution is 5.92. The smallest absolute Gasteiger partial charge is 0.246 e. The van der Waals surface area contributed by atoms with E-state index in [4.69, 9.17) is 0 Å². The van der Waals surface area contributed by atoms with Gasteiger partial charge in [0.05, 0.1) is 5.69 Å². The highest BCUT2D eigenvalue weighted by Gasteiger charge is 2.20. The Bertz CT molecular complexity index is 884. The van der Waals surface area contributed by atoms with Gasteiger partial charge in [0, 0.05) is 37.8 Å². The first-order valence-corrected chi connectivity index (χ1v) is 10.5. The molecule has 0 spiro atoms. The van der Waals surface area contributed by atoms with E-state index in [1.165, 1.54) is 32.1 Å².